The van der Waals surface area contributed by atoms with Crippen molar-refractivity contribution in [2.45, 2.75) is 44.6 Å². The summed E-state index contributed by atoms with van der Waals surface area (Å²) in [6.07, 6.45) is 11.2. The molecule has 4 rings (SSSR count). The van der Waals surface area contributed by atoms with Gasteiger partial charge >= 0.3 is 0 Å². The lowest BCUT2D eigenvalue weighted by molar-refractivity contribution is 0.0755. The summed E-state index contributed by atoms with van der Waals surface area (Å²) in [7, 11) is 0. The third-order valence-electron chi connectivity index (χ3n) is 6.02. The van der Waals surface area contributed by atoms with Crippen molar-refractivity contribution in [1.29, 1.82) is 0 Å². The molecule has 2 N–H and O–H groups in total. The number of nitrogens with zero attached hydrogens (tertiary/aromatic N) is 4. The molecule has 0 radical (unpaired) electrons. The zero-order chi connectivity index (χ0) is 19.3. The minimum Gasteiger partial charge on any atom is -0.368 e. The molecule has 2 heterocycles. The molecular weight excluding hydrogens is 350 g/mol. The molecule has 1 aliphatic carbocycles. The first-order valence-corrected chi connectivity index (χ1v) is 10.4. The normalized spacial score (nSPS) is 19.4. The molecule has 1 aromatic heterocycles. The zero-order valence-corrected chi connectivity index (χ0v) is 16.4. The van der Waals surface area contributed by atoms with Crippen LogP contribution in [0.4, 0.5) is 5.95 Å². The fraction of sp³-hybridized carbons (Fsp3) is 0.500. The van der Waals surface area contributed by atoms with Crippen LogP contribution in [0.1, 0.15) is 48.9 Å². The number of rotatable bonds is 3. The number of anilines is 1. The van der Waals surface area contributed by atoms with E-state index in [0.29, 0.717) is 0 Å². The van der Waals surface area contributed by atoms with Crippen LogP contribution in [0.2, 0.25) is 0 Å². The van der Waals surface area contributed by atoms with Gasteiger partial charge in [-0.3, -0.25) is 9.69 Å². The molecule has 0 unspecified atom stereocenters. The molecule has 148 valence electrons. The summed E-state index contributed by atoms with van der Waals surface area (Å²) in [5, 5.41) is 0. The van der Waals surface area contributed by atoms with Crippen molar-refractivity contribution in [2.75, 3.05) is 31.9 Å². The molecule has 1 saturated carbocycles. The number of amides is 1. The van der Waals surface area contributed by atoms with E-state index in [2.05, 4.69) is 14.9 Å². The smallest absolute Gasteiger partial charge is 0.253 e. The van der Waals surface area contributed by atoms with Crippen LogP contribution in [-0.4, -0.2) is 57.9 Å². The van der Waals surface area contributed by atoms with Crippen molar-refractivity contribution in [3.05, 3.63) is 42.2 Å². The van der Waals surface area contributed by atoms with E-state index in [1.165, 1.54) is 32.1 Å². The predicted octanol–water partition coefficient (Wildman–Crippen LogP) is 3.21. The number of carbonyl (C=O) groups excluding carboxylic acids is 1. The highest BCUT2D eigenvalue weighted by atomic mass is 16.2. The van der Waals surface area contributed by atoms with Crippen molar-refractivity contribution >= 4 is 11.9 Å². The van der Waals surface area contributed by atoms with Gasteiger partial charge in [-0.15, -0.1) is 0 Å². The molecule has 28 heavy (non-hydrogen) atoms. The summed E-state index contributed by atoms with van der Waals surface area (Å²) in [6, 6.07) is 8.44. The Bertz CT molecular complexity index is 801. The molecule has 6 heteroatoms. The summed E-state index contributed by atoms with van der Waals surface area (Å²) in [5.74, 6) is 0.367. The SMILES string of the molecule is Nc1ncc(-c2cccc(C(=O)N3CCCN(C4CCCCC4)CC3)c2)cn1. The maximum absolute atomic E-state index is 13.1. The molecule has 2 aromatic rings. The van der Waals surface area contributed by atoms with Gasteiger partial charge in [-0.1, -0.05) is 31.4 Å². The van der Waals surface area contributed by atoms with Crippen LogP contribution in [0.15, 0.2) is 36.7 Å². The van der Waals surface area contributed by atoms with E-state index in [1.807, 2.05) is 29.2 Å². The van der Waals surface area contributed by atoms with E-state index in [1.54, 1.807) is 12.4 Å². The number of nitrogens with two attached hydrogens (primary N) is 1. The number of hydrogen-bond acceptors (Lipinski definition) is 5. The predicted molar refractivity (Wildman–Crippen MR) is 111 cm³/mol. The van der Waals surface area contributed by atoms with Crippen LogP contribution < -0.4 is 5.73 Å². The van der Waals surface area contributed by atoms with Gasteiger partial charge in [0.2, 0.25) is 5.95 Å². The molecular formula is C22H29N5O. The minimum absolute atomic E-state index is 0.115. The maximum atomic E-state index is 13.1. The summed E-state index contributed by atoms with van der Waals surface area (Å²) in [5.41, 5.74) is 8.09. The second kappa shape index (κ2) is 8.69. The summed E-state index contributed by atoms with van der Waals surface area (Å²) in [4.78, 5) is 25.9. The van der Waals surface area contributed by atoms with E-state index in [-0.39, 0.29) is 11.9 Å². The number of aromatic nitrogens is 2. The van der Waals surface area contributed by atoms with Crippen molar-refractivity contribution in [3.63, 3.8) is 0 Å². The van der Waals surface area contributed by atoms with Gasteiger partial charge in [-0.05, 0) is 37.0 Å². The molecule has 1 saturated heterocycles. The molecule has 1 aliphatic heterocycles. The maximum Gasteiger partial charge on any atom is 0.253 e. The Balaban J connectivity index is 1.44. The first kappa shape index (κ1) is 18.9. The monoisotopic (exact) mass is 379 g/mol. The van der Waals surface area contributed by atoms with E-state index >= 15 is 0 Å². The van der Waals surface area contributed by atoms with Gasteiger partial charge in [0.25, 0.3) is 5.91 Å². The molecule has 6 nitrogen and oxygen atoms in total. The van der Waals surface area contributed by atoms with Crippen molar-refractivity contribution in [3.8, 4) is 11.1 Å². The lowest BCUT2D eigenvalue weighted by Crippen LogP contribution is -2.40. The largest absolute Gasteiger partial charge is 0.368 e. The number of hydrogen-bond donors (Lipinski definition) is 1. The Labute approximate surface area is 166 Å². The third-order valence-corrected chi connectivity index (χ3v) is 6.02. The molecule has 1 aromatic carbocycles. The Morgan fingerprint density at radius 1 is 0.929 bits per heavy atom. The molecule has 0 atom stereocenters. The van der Waals surface area contributed by atoms with Gasteiger partial charge < -0.3 is 10.6 Å². The van der Waals surface area contributed by atoms with Gasteiger partial charge in [0.1, 0.15) is 0 Å². The minimum atomic E-state index is 0.115. The second-order valence-corrected chi connectivity index (χ2v) is 7.88. The van der Waals surface area contributed by atoms with E-state index in [4.69, 9.17) is 5.73 Å². The molecule has 2 aliphatic rings. The molecule has 1 amide bonds. The zero-order valence-electron chi connectivity index (χ0n) is 16.4. The molecule has 2 fully saturated rings. The van der Waals surface area contributed by atoms with E-state index in [9.17, 15) is 4.79 Å². The van der Waals surface area contributed by atoms with Crippen LogP contribution in [0, 0.1) is 0 Å². The van der Waals surface area contributed by atoms with Crippen molar-refractivity contribution in [1.82, 2.24) is 19.8 Å². The standard InChI is InChI=1S/C22H29N5O/c23-22-24-15-19(16-25-22)17-6-4-7-18(14-17)21(28)27-11-5-10-26(12-13-27)20-8-2-1-3-9-20/h4,6-7,14-16,20H,1-3,5,8-13H2,(H2,23,24,25). The number of benzene rings is 1. The quantitative estimate of drug-likeness (QED) is 0.886. The third kappa shape index (κ3) is 4.33. The fourth-order valence-corrected chi connectivity index (χ4v) is 4.45. The van der Waals surface area contributed by atoms with E-state index < -0.39 is 0 Å². The fourth-order valence-electron chi connectivity index (χ4n) is 4.45. The van der Waals surface area contributed by atoms with Crippen molar-refractivity contribution in [2.24, 2.45) is 0 Å². The number of nitrogen functional groups attached to an aromatic ring is 1. The Morgan fingerprint density at radius 2 is 1.71 bits per heavy atom. The first-order valence-electron chi connectivity index (χ1n) is 10.4. The van der Waals surface area contributed by atoms with E-state index in [0.717, 1.165) is 55.3 Å². The van der Waals surface area contributed by atoms with Crippen molar-refractivity contribution < 1.29 is 4.79 Å². The highest BCUT2D eigenvalue weighted by Crippen LogP contribution is 2.24. The van der Waals surface area contributed by atoms with Gasteiger partial charge in [0.05, 0.1) is 0 Å². The van der Waals surface area contributed by atoms with Crippen LogP contribution in [-0.2, 0) is 0 Å². The van der Waals surface area contributed by atoms with Crippen LogP contribution in [0.5, 0.6) is 0 Å². The Kier molecular flexibility index (Phi) is 5.86. The first-order chi connectivity index (χ1) is 13.7. The summed E-state index contributed by atoms with van der Waals surface area (Å²) in [6.45, 7) is 3.74. The molecule has 0 spiro atoms. The summed E-state index contributed by atoms with van der Waals surface area (Å²) >= 11 is 0. The average molecular weight is 380 g/mol. The molecule has 0 bridgehead atoms. The number of carbonyl (C=O) groups is 1. The van der Waals surface area contributed by atoms with Gasteiger partial charge in [0.15, 0.2) is 0 Å². The van der Waals surface area contributed by atoms with Gasteiger partial charge in [-0.25, -0.2) is 9.97 Å². The van der Waals surface area contributed by atoms with Crippen LogP contribution >= 0.6 is 0 Å². The topological polar surface area (TPSA) is 75.3 Å². The summed E-state index contributed by atoms with van der Waals surface area (Å²) < 4.78 is 0. The average Bonchev–Trinajstić information content (AvgIpc) is 3.01. The van der Waals surface area contributed by atoms with Gasteiger partial charge in [0, 0.05) is 55.7 Å². The van der Waals surface area contributed by atoms with Crippen LogP contribution in [0.25, 0.3) is 11.1 Å². The van der Waals surface area contributed by atoms with Crippen LogP contribution in [0.3, 0.4) is 0 Å². The second-order valence-electron chi connectivity index (χ2n) is 7.88. The highest BCUT2D eigenvalue weighted by Gasteiger charge is 2.25. The Morgan fingerprint density at radius 3 is 2.50 bits per heavy atom. The highest BCUT2D eigenvalue weighted by molar-refractivity contribution is 5.95. The lowest BCUT2D eigenvalue weighted by atomic mass is 9.94. The van der Waals surface area contributed by atoms with Gasteiger partial charge in [-0.2, -0.15) is 0 Å². The lowest BCUT2D eigenvalue weighted by Gasteiger charge is -2.33. The Hall–Kier alpha value is -2.47.